The number of hydrogen-bond acceptors (Lipinski definition) is 1. The molecule has 2 aromatic rings. The van der Waals surface area contributed by atoms with Crippen LogP contribution in [0.1, 0.15) is 47.4 Å². The van der Waals surface area contributed by atoms with Gasteiger partial charge in [0.15, 0.2) is 0 Å². The van der Waals surface area contributed by atoms with Gasteiger partial charge in [-0.2, -0.15) is 26.3 Å². The van der Waals surface area contributed by atoms with Crippen molar-refractivity contribution >= 4 is 40.9 Å². The summed E-state index contributed by atoms with van der Waals surface area (Å²) in [6.45, 7) is 1.79. The van der Waals surface area contributed by atoms with Crippen LogP contribution in [0.15, 0.2) is 36.4 Å². The van der Waals surface area contributed by atoms with E-state index in [1.165, 1.54) is 30.3 Å². The van der Waals surface area contributed by atoms with Gasteiger partial charge in [-0.15, -0.1) is 5.69 Å². The third kappa shape index (κ3) is 8.36. The number of carbonyl (C=O) groups is 1. The summed E-state index contributed by atoms with van der Waals surface area (Å²) >= 11 is 12.0. The molecule has 1 aliphatic carbocycles. The Balaban J connectivity index is 0.00000481. The van der Waals surface area contributed by atoms with E-state index in [0.717, 1.165) is 6.08 Å². The molecule has 2 aromatic carbocycles. The minimum absolute atomic E-state index is 0. The SMILES string of the molecule is Cc1cc(/C=C/C(c2cc(C)c(Cl)c(Cl)c2)C(F)(F)F)ccc1[N-]C1(C(=O)NCC(F)(F)F)CCC1.[K+]. The summed E-state index contributed by atoms with van der Waals surface area (Å²) < 4.78 is 78.9. The second-order valence-electron chi connectivity index (χ2n) is 8.85. The Morgan fingerprint density at radius 3 is 2.22 bits per heavy atom. The molecule has 0 aromatic heterocycles. The number of carbonyl (C=O) groups excluding carboxylic acids is 1. The number of hydrogen-bond donors (Lipinski definition) is 1. The summed E-state index contributed by atoms with van der Waals surface area (Å²) in [5, 5.41) is 6.55. The molecule has 0 heterocycles. The van der Waals surface area contributed by atoms with E-state index in [-0.39, 0.29) is 67.0 Å². The van der Waals surface area contributed by atoms with E-state index in [9.17, 15) is 31.1 Å². The van der Waals surface area contributed by atoms with E-state index < -0.39 is 36.3 Å². The van der Waals surface area contributed by atoms with Crippen LogP contribution in [0.5, 0.6) is 0 Å². The van der Waals surface area contributed by atoms with Gasteiger partial charge in [0, 0.05) is 0 Å². The van der Waals surface area contributed by atoms with Crippen LogP contribution < -0.4 is 56.7 Å². The molecule has 196 valence electrons. The molecule has 3 nitrogen and oxygen atoms in total. The van der Waals surface area contributed by atoms with Crippen molar-refractivity contribution in [3.8, 4) is 0 Å². The normalized spacial score (nSPS) is 16.1. The zero-order chi connectivity index (χ0) is 26.9. The van der Waals surface area contributed by atoms with Crippen LogP contribution in [0.2, 0.25) is 10.0 Å². The second kappa shape index (κ2) is 12.6. The molecule has 0 aliphatic heterocycles. The van der Waals surface area contributed by atoms with E-state index in [2.05, 4.69) is 5.32 Å². The van der Waals surface area contributed by atoms with Gasteiger partial charge < -0.3 is 10.6 Å². The van der Waals surface area contributed by atoms with Crippen molar-refractivity contribution in [3.63, 3.8) is 0 Å². The molecule has 1 N–H and O–H groups in total. The Kier molecular flexibility index (Phi) is 11.1. The minimum atomic E-state index is -4.58. The van der Waals surface area contributed by atoms with Crippen LogP contribution in [0.4, 0.5) is 32.0 Å². The number of rotatable bonds is 7. The molecule has 0 radical (unpaired) electrons. The molecule has 1 amide bonds. The monoisotopic (exact) mass is 590 g/mol. The molecule has 3 rings (SSSR count). The summed E-state index contributed by atoms with van der Waals surface area (Å²) in [7, 11) is 0. The van der Waals surface area contributed by atoms with Gasteiger partial charge in [-0.25, -0.2) is 0 Å². The first-order valence-corrected chi connectivity index (χ1v) is 11.8. The van der Waals surface area contributed by atoms with E-state index in [1.807, 2.05) is 5.32 Å². The average Bonchev–Trinajstić information content (AvgIpc) is 2.72. The molecule has 0 spiro atoms. The van der Waals surface area contributed by atoms with Crippen molar-refractivity contribution in [3.05, 3.63) is 74.0 Å². The fourth-order valence-electron chi connectivity index (χ4n) is 3.93. The predicted octanol–water partition coefficient (Wildman–Crippen LogP) is 5.58. The zero-order valence-corrected chi connectivity index (χ0v) is 25.0. The first-order valence-electron chi connectivity index (χ1n) is 11.0. The molecule has 0 bridgehead atoms. The molecule has 37 heavy (non-hydrogen) atoms. The van der Waals surface area contributed by atoms with Gasteiger partial charge in [-0.05, 0) is 42.1 Å². The van der Waals surface area contributed by atoms with Crippen molar-refractivity contribution in [1.82, 2.24) is 5.32 Å². The average molecular weight is 591 g/mol. The molecule has 0 saturated heterocycles. The molecule has 12 heteroatoms. The number of nitrogens with one attached hydrogen (secondary N) is 1. The second-order valence-corrected chi connectivity index (χ2v) is 9.64. The number of benzene rings is 2. The van der Waals surface area contributed by atoms with Crippen LogP contribution in [-0.4, -0.2) is 30.3 Å². The van der Waals surface area contributed by atoms with Crippen molar-refractivity contribution in [1.29, 1.82) is 0 Å². The molecule has 1 unspecified atom stereocenters. The summed E-state index contributed by atoms with van der Waals surface area (Å²) in [5.74, 6) is -2.72. The van der Waals surface area contributed by atoms with Gasteiger partial charge in [0.25, 0.3) is 0 Å². The smallest absolute Gasteiger partial charge is 0.671 e. The first kappa shape index (κ1) is 32.5. The van der Waals surface area contributed by atoms with E-state index >= 15 is 0 Å². The Labute approximate surface area is 263 Å². The van der Waals surface area contributed by atoms with Crippen molar-refractivity contribution < 1.29 is 82.5 Å². The fraction of sp³-hybridized carbons (Fsp3) is 0.400. The van der Waals surface area contributed by atoms with E-state index in [0.29, 0.717) is 41.6 Å². The van der Waals surface area contributed by atoms with Crippen molar-refractivity contribution in [2.45, 2.75) is 56.9 Å². The van der Waals surface area contributed by atoms with Crippen LogP contribution in [0.3, 0.4) is 0 Å². The Morgan fingerprint density at radius 2 is 1.73 bits per heavy atom. The maximum Gasteiger partial charge on any atom is 1.00 e. The number of amides is 1. The van der Waals surface area contributed by atoms with Gasteiger partial charge in [0.2, 0.25) is 5.91 Å². The molecule has 1 saturated carbocycles. The van der Waals surface area contributed by atoms with Crippen LogP contribution in [0.25, 0.3) is 11.4 Å². The minimum Gasteiger partial charge on any atom is -0.671 e. The molecular weight excluding hydrogens is 568 g/mol. The maximum absolute atomic E-state index is 13.8. The Morgan fingerprint density at radius 1 is 1.08 bits per heavy atom. The third-order valence-corrected chi connectivity index (χ3v) is 6.93. The molecule has 1 fully saturated rings. The largest absolute Gasteiger partial charge is 1.00 e. The number of alkyl halides is 6. The quantitative estimate of drug-likeness (QED) is 0.332. The maximum atomic E-state index is 13.8. The molecular formula is C25H23Cl2F6KN2O. The van der Waals surface area contributed by atoms with E-state index in [1.54, 1.807) is 19.9 Å². The number of aryl methyl sites for hydroxylation is 2. The molecule has 1 atom stereocenters. The molecule has 1 aliphatic rings. The van der Waals surface area contributed by atoms with Crippen LogP contribution in [0, 0.1) is 13.8 Å². The third-order valence-electron chi connectivity index (χ3n) is 6.03. The standard InChI is InChI=1S/C25H23Cl2F6N2O.K/c1-14-10-16(4-6-18(25(31,32)33)17-11-15(2)21(27)19(26)12-17)5-7-20(14)35-23(8-3-9-23)22(36)34-13-24(28,29)30;/h4-7,10-12,18H,3,8-9,13H2,1-2H3,(H,34,36);/q-1;+1/b6-4+;. The van der Waals surface area contributed by atoms with Gasteiger partial charge in [0.05, 0.1) is 16.0 Å². The summed E-state index contributed by atoms with van der Waals surface area (Å²) in [4.78, 5) is 12.4. The fourth-order valence-corrected chi connectivity index (χ4v) is 4.32. The van der Waals surface area contributed by atoms with Crippen molar-refractivity contribution in [2.24, 2.45) is 0 Å². The first-order chi connectivity index (χ1) is 16.6. The van der Waals surface area contributed by atoms with Gasteiger partial charge in [-0.1, -0.05) is 84.4 Å². The van der Waals surface area contributed by atoms with Gasteiger partial charge in [-0.3, -0.25) is 4.79 Å². The van der Waals surface area contributed by atoms with Crippen molar-refractivity contribution in [2.75, 3.05) is 6.54 Å². The number of nitrogens with zero attached hydrogens (tertiary/aromatic N) is 1. The van der Waals surface area contributed by atoms with E-state index in [4.69, 9.17) is 23.2 Å². The summed E-state index contributed by atoms with van der Waals surface area (Å²) in [6, 6.07) is 7.21. The topological polar surface area (TPSA) is 43.2 Å². The summed E-state index contributed by atoms with van der Waals surface area (Å²) in [6.07, 6.45) is -5.50. The Bertz CT molecular complexity index is 1140. The van der Waals surface area contributed by atoms with Crippen LogP contribution in [-0.2, 0) is 4.79 Å². The van der Waals surface area contributed by atoms with Gasteiger partial charge in [0.1, 0.15) is 6.54 Å². The summed E-state index contributed by atoms with van der Waals surface area (Å²) in [5.41, 5.74) is 0.517. The van der Waals surface area contributed by atoms with Gasteiger partial charge >= 0.3 is 63.7 Å². The van der Waals surface area contributed by atoms with Crippen LogP contribution >= 0.6 is 23.2 Å². The Hall–Kier alpha value is -0.754. The zero-order valence-electron chi connectivity index (χ0n) is 20.3. The predicted molar refractivity (Wildman–Crippen MR) is 129 cm³/mol. The number of halogens is 8. The number of allylic oxidation sites excluding steroid dienone is 1.